The van der Waals surface area contributed by atoms with Crippen LogP contribution in [-0.2, 0) is 4.79 Å². The second-order valence-corrected chi connectivity index (χ2v) is 3.40. The summed E-state index contributed by atoms with van der Waals surface area (Å²) in [4.78, 5) is 11.3. The zero-order valence-electron chi connectivity index (χ0n) is 8.66. The summed E-state index contributed by atoms with van der Waals surface area (Å²) >= 11 is 0. The zero-order chi connectivity index (χ0) is 11.3. The van der Waals surface area contributed by atoms with Gasteiger partial charge in [-0.2, -0.15) is 0 Å². The largest absolute Gasteiger partial charge is 0.387 e. The van der Waals surface area contributed by atoms with Crippen molar-refractivity contribution in [3.8, 4) is 0 Å². The highest BCUT2D eigenvalue weighted by Gasteiger charge is 2.09. The maximum absolute atomic E-state index is 11.3. The molecule has 1 amide bonds. The maximum atomic E-state index is 11.3. The minimum absolute atomic E-state index is 0.0445. The van der Waals surface area contributed by atoms with E-state index in [-0.39, 0.29) is 24.2 Å². The van der Waals surface area contributed by atoms with E-state index in [0.29, 0.717) is 0 Å². The zero-order valence-corrected chi connectivity index (χ0v) is 8.66. The molecule has 4 nitrogen and oxygen atoms in total. The Labute approximate surface area is 89.0 Å². The van der Waals surface area contributed by atoms with Gasteiger partial charge in [-0.3, -0.25) is 10.2 Å². The van der Waals surface area contributed by atoms with Gasteiger partial charge < -0.3 is 11.1 Å². The Kier molecular flexibility index (Phi) is 3.85. The van der Waals surface area contributed by atoms with Gasteiger partial charge in [0.2, 0.25) is 5.91 Å². The van der Waals surface area contributed by atoms with E-state index in [9.17, 15) is 4.79 Å². The van der Waals surface area contributed by atoms with E-state index in [1.807, 2.05) is 37.3 Å². The molecule has 80 valence electrons. The van der Waals surface area contributed by atoms with Crippen LogP contribution in [0.2, 0.25) is 0 Å². The highest BCUT2D eigenvalue weighted by Crippen LogP contribution is 2.10. The molecule has 0 spiro atoms. The molecule has 0 radical (unpaired) electrons. The molecular formula is C11H15N3O. The lowest BCUT2D eigenvalue weighted by molar-refractivity contribution is -0.120. The number of amidine groups is 1. The van der Waals surface area contributed by atoms with Crippen LogP contribution in [0.25, 0.3) is 0 Å². The number of hydrogen-bond donors (Lipinski definition) is 3. The molecule has 0 aliphatic rings. The Bertz CT molecular complexity index is 348. The van der Waals surface area contributed by atoms with Gasteiger partial charge in [0.25, 0.3) is 0 Å². The monoisotopic (exact) mass is 205 g/mol. The summed E-state index contributed by atoms with van der Waals surface area (Å²) in [6.45, 7) is 1.90. The van der Waals surface area contributed by atoms with Gasteiger partial charge in [-0.25, -0.2) is 0 Å². The predicted molar refractivity (Wildman–Crippen MR) is 59.5 cm³/mol. The standard InChI is InChI=1S/C11H15N3O/c1-8(9-5-3-2-4-6-9)14-11(15)7-10(12)13/h2-6,8H,7H2,1H3,(H3,12,13)(H,14,15). The molecule has 0 aliphatic heterocycles. The highest BCUT2D eigenvalue weighted by atomic mass is 16.1. The predicted octanol–water partition coefficient (Wildman–Crippen LogP) is 1.19. The third-order valence-corrected chi connectivity index (χ3v) is 2.03. The minimum atomic E-state index is -0.223. The molecule has 1 aromatic rings. The number of hydrogen-bond acceptors (Lipinski definition) is 2. The number of amides is 1. The maximum Gasteiger partial charge on any atom is 0.228 e. The summed E-state index contributed by atoms with van der Waals surface area (Å²) < 4.78 is 0. The number of nitrogens with one attached hydrogen (secondary N) is 2. The van der Waals surface area contributed by atoms with E-state index in [1.165, 1.54) is 0 Å². The number of benzene rings is 1. The van der Waals surface area contributed by atoms with Crippen LogP contribution in [-0.4, -0.2) is 11.7 Å². The minimum Gasteiger partial charge on any atom is -0.387 e. The van der Waals surface area contributed by atoms with E-state index < -0.39 is 0 Å². The molecule has 4 heteroatoms. The molecular weight excluding hydrogens is 190 g/mol. The van der Waals surface area contributed by atoms with Gasteiger partial charge in [0.15, 0.2) is 0 Å². The summed E-state index contributed by atoms with van der Waals surface area (Å²) in [5.41, 5.74) is 6.17. The van der Waals surface area contributed by atoms with Gasteiger partial charge in [-0.15, -0.1) is 0 Å². The van der Waals surface area contributed by atoms with E-state index in [1.54, 1.807) is 0 Å². The fourth-order valence-electron chi connectivity index (χ4n) is 1.29. The molecule has 1 atom stereocenters. The van der Waals surface area contributed by atoms with Gasteiger partial charge in [0, 0.05) is 0 Å². The average molecular weight is 205 g/mol. The van der Waals surface area contributed by atoms with Crippen molar-refractivity contribution in [2.45, 2.75) is 19.4 Å². The van der Waals surface area contributed by atoms with E-state index >= 15 is 0 Å². The molecule has 4 N–H and O–H groups in total. The van der Waals surface area contributed by atoms with Crippen LogP contribution < -0.4 is 11.1 Å². The van der Waals surface area contributed by atoms with Crippen molar-refractivity contribution >= 4 is 11.7 Å². The van der Waals surface area contributed by atoms with Crippen LogP contribution >= 0.6 is 0 Å². The van der Waals surface area contributed by atoms with Gasteiger partial charge in [-0.1, -0.05) is 30.3 Å². The quantitative estimate of drug-likeness (QED) is 0.510. The van der Waals surface area contributed by atoms with Crippen LogP contribution in [0.3, 0.4) is 0 Å². The van der Waals surface area contributed by atoms with Gasteiger partial charge >= 0.3 is 0 Å². The smallest absolute Gasteiger partial charge is 0.228 e. The summed E-state index contributed by atoms with van der Waals surface area (Å²) in [6, 6.07) is 9.59. The lowest BCUT2D eigenvalue weighted by Gasteiger charge is -2.13. The third kappa shape index (κ3) is 3.81. The van der Waals surface area contributed by atoms with E-state index in [4.69, 9.17) is 11.1 Å². The van der Waals surface area contributed by atoms with Gasteiger partial charge in [0.1, 0.15) is 0 Å². The Balaban J connectivity index is 2.53. The number of carbonyl (C=O) groups excluding carboxylic acids is 1. The number of nitrogens with two attached hydrogens (primary N) is 1. The normalized spacial score (nSPS) is 11.8. The topological polar surface area (TPSA) is 79.0 Å². The molecule has 0 heterocycles. The van der Waals surface area contributed by atoms with Crippen LogP contribution in [0.1, 0.15) is 24.9 Å². The van der Waals surface area contributed by atoms with Crippen LogP contribution in [0.4, 0.5) is 0 Å². The molecule has 0 fully saturated rings. The van der Waals surface area contributed by atoms with Crippen molar-refractivity contribution < 1.29 is 4.79 Å². The summed E-state index contributed by atoms with van der Waals surface area (Å²) in [6.07, 6.45) is -0.0445. The second kappa shape index (κ2) is 5.14. The fraction of sp³-hybridized carbons (Fsp3) is 0.273. The first-order valence-electron chi connectivity index (χ1n) is 4.77. The molecule has 1 aromatic carbocycles. The molecule has 15 heavy (non-hydrogen) atoms. The molecule has 1 unspecified atom stereocenters. The van der Waals surface area contributed by atoms with Crippen molar-refractivity contribution in [1.29, 1.82) is 5.41 Å². The van der Waals surface area contributed by atoms with Crippen molar-refractivity contribution in [2.24, 2.45) is 5.73 Å². The molecule has 0 aromatic heterocycles. The molecule has 1 rings (SSSR count). The number of carbonyl (C=O) groups is 1. The molecule has 0 saturated heterocycles. The summed E-state index contributed by atoms with van der Waals surface area (Å²) in [5.74, 6) is -0.341. The lowest BCUT2D eigenvalue weighted by atomic mass is 10.1. The van der Waals surface area contributed by atoms with E-state index in [2.05, 4.69) is 5.32 Å². The van der Waals surface area contributed by atoms with Crippen molar-refractivity contribution in [3.63, 3.8) is 0 Å². The Hall–Kier alpha value is -1.84. The Morgan fingerprint density at radius 2 is 2.07 bits per heavy atom. The molecule has 0 aliphatic carbocycles. The van der Waals surface area contributed by atoms with Crippen LogP contribution in [0.15, 0.2) is 30.3 Å². The second-order valence-electron chi connectivity index (χ2n) is 3.40. The summed E-state index contributed by atoms with van der Waals surface area (Å²) in [5, 5.41) is 9.76. The van der Waals surface area contributed by atoms with Crippen LogP contribution in [0.5, 0.6) is 0 Å². The summed E-state index contributed by atoms with van der Waals surface area (Å²) in [7, 11) is 0. The number of rotatable bonds is 4. The van der Waals surface area contributed by atoms with Gasteiger partial charge in [-0.05, 0) is 12.5 Å². The van der Waals surface area contributed by atoms with Crippen molar-refractivity contribution in [2.75, 3.05) is 0 Å². The van der Waals surface area contributed by atoms with Gasteiger partial charge in [0.05, 0.1) is 18.3 Å². The highest BCUT2D eigenvalue weighted by molar-refractivity contribution is 5.97. The first kappa shape index (κ1) is 11.2. The SMILES string of the molecule is CC(NC(=O)CC(=N)N)c1ccccc1. The fourth-order valence-corrected chi connectivity index (χ4v) is 1.29. The Morgan fingerprint density at radius 1 is 1.47 bits per heavy atom. The first-order valence-corrected chi connectivity index (χ1v) is 4.77. The van der Waals surface area contributed by atoms with E-state index in [0.717, 1.165) is 5.56 Å². The van der Waals surface area contributed by atoms with Crippen molar-refractivity contribution in [1.82, 2.24) is 5.32 Å². The average Bonchev–Trinajstić information content (AvgIpc) is 2.17. The van der Waals surface area contributed by atoms with Crippen LogP contribution in [0, 0.1) is 5.41 Å². The molecule has 0 bridgehead atoms. The van der Waals surface area contributed by atoms with Crippen molar-refractivity contribution in [3.05, 3.63) is 35.9 Å². The Morgan fingerprint density at radius 3 is 2.60 bits per heavy atom. The third-order valence-electron chi connectivity index (χ3n) is 2.03. The first-order chi connectivity index (χ1) is 7.09. The lowest BCUT2D eigenvalue weighted by Crippen LogP contribution is -2.30. The molecule has 0 saturated carbocycles.